The minimum Gasteiger partial charge on any atom is -0.481 e. The van der Waals surface area contributed by atoms with E-state index in [4.69, 9.17) is 5.11 Å². The van der Waals surface area contributed by atoms with Gasteiger partial charge in [-0.1, -0.05) is 18.2 Å². The number of carbonyl (C=O) groups is 1. The summed E-state index contributed by atoms with van der Waals surface area (Å²) in [7, 11) is -3.23. The van der Waals surface area contributed by atoms with Crippen LogP contribution in [0.15, 0.2) is 30.3 Å². The van der Waals surface area contributed by atoms with Crippen LogP contribution in [0.2, 0.25) is 0 Å². The minimum absolute atomic E-state index is 0.00497. The molecule has 1 N–H and O–H groups in total. The fourth-order valence-corrected chi connectivity index (χ4v) is 2.85. The topological polar surface area (TPSA) is 74.7 Å². The lowest BCUT2D eigenvalue weighted by Crippen LogP contribution is -2.37. The Kier molecular flexibility index (Phi) is 5.78. The van der Waals surface area contributed by atoms with Crippen molar-refractivity contribution in [2.45, 2.75) is 31.9 Å². The van der Waals surface area contributed by atoms with Gasteiger partial charge < -0.3 is 10.0 Å². The van der Waals surface area contributed by atoms with Gasteiger partial charge in [-0.3, -0.25) is 4.79 Å². The van der Waals surface area contributed by atoms with Crippen molar-refractivity contribution in [3.05, 3.63) is 30.3 Å². The highest BCUT2D eigenvalue weighted by atomic mass is 32.2. The predicted molar refractivity (Wildman–Crippen MR) is 84.4 cm³/mol. The van der Waals surface area contributed by atoms with Gasteiger partial charge in [0, 0.05) is 18.8 Å². The number of carboxylic acids is 1. The van der Waals surface area contributed by atoms with Crippen LogP contribution in [-0.2, 0) is 14.6 Å². The molecule has 0 aromatic heterocycles. The van der Waals surface area contributed by atoms with Gasteiger partial charge >= 0.3 is 5.97 Å². The molecule has 0 atom stereocenters. The lowest BCUT2D eigenvalue weighted by molar-refractivity contribution is -0.136. The third-order valence-electron chi connectivity index (χ3n) is 3.28. The second kappa shape index (κ2) is 6.93. The minimum atomic E-state index is -3.23. The van der Waals surface area contributed by atoms with Crippen LogP contribution in [0.3, 0.4) is 0 Å². The van der Waals surface area contributed by atoms with Gasteiger partial charge in [0.2, 0.25) is 0 Å². The molecule has 21 heavy (non-hydrogen) atoms. The van der Waals surface area contributed by atoms with Crippen LogP contribution in [0.4, 0.5) is 5.69 Å². The van der Waals surface area contributed by atoms with Gasteiger partial charge in [0.1, 0.15) is 0 Å². The predicted octanol–water partition coefficient (Wildman–Crippen LogP) is 2.18. The fraction of sp³-hybridized carbons (Fsp3) is 0.533. The summed E-state index contributed by atoms with van der Waals surface area (Å²) in [6.07, 6.45) is -0.0234. The SMILES string of the molecule is CC(C)(C)S(=O)(=O)CCN(CCC(=O)O)c1ccccc1. The Morgan fingerprint density at radius 1 is 1.14 bits per heavy atom. The molecule has 5 nitrogen and oxygen atoms in total. The number of nitrogens with zero attached hydrogens (tertiary/aromatic N) is 1. The third kappa shape index (κ3) is 5.38. The first-order valence-electron chi connectivity index (χ1n) is 6.87. The van der Waals surface area contributed by atoms with E-state index >= 15 is 0 Å². The highest BCUT2D eigenvalue weighted by Gasteiger charge is 2.29. The zero-order valence-electron chi connectivity index (χ0n) is 12.7. The monoisotopic (exact) mass is 313 g/mol. The summed E-state index contributed by atoms with van der Waals surface area (Å²) in [4.78, 5) is 12.6. The van der Waals surface area contributed by atoms with E-state index in [-0.39, 0.29) is 18.7 Å². The summed E-state index contributed by atoms with van der Waals surface area (Å²) in [5.74, 6) is -0.889. The van der Waals surface area contributed by atoms with Crippen molar-refractivity contribution in [2.75, 3.05) is 23.7 Å². The van der Waals surface area contributed by atoms with Crippen molar-refractivity contribution in [1.82, 2.24) is 0 Å². The van der Waals surface area contributed by atoms with Gasteiger partial charge in [-0.15, -0.1) is 0 Å². The molecule has 6 heteroatoms. The molecule has 0 radical (unpaired) electrons. The first-order chi connectivity index (χ1) is 9.63. The molecule has 1 rings (SSSR count). The maximum Gasteiger partial charge on any atom is 0.305 e. The molecule has 0 amide bonds. The van der Waals surface area contributed by atoms with Gasteiger partial charge in [-0.2, -0.15) is 0 Å². The molecule has 0 unspecified atom stereocenters. The Bertz CT molecular complexity index is 561. The maximum absolute atomic E-state index is 12.2. The summed E-state index contributed by atoms with van der Waals surface area (Å²) >= 11 is 0. The lowest BCUT2D eigenvalue weighted by Gasteiger charge is -2.26. The normalized spacial score (nSPS) is 12.1. The number of carboxylic acid groups (broad SMARTS) is 1. The summed E-state index contributed by atoms with van der Waals surface area (Å²) in [6, 6.07) is 9.27. The molecular weight excluding hydrogens is 290 g/mol. The van der Waals surface area contributed by atoms with Gasteiger partial charge in [0.05, 0.1) is 16.9 Å². The molecule has 0 aliphatic heterocycles. The Morgan fingerprint density at radius 2 is 1.71 bits per heavy atom. The van der Waals surface area contributed by atoms with Crippen LogP contribution < -0.4 is 4.90 Å². The van der Waals surface area contributed by atoms with Crippen LogP contribution in [0.1, 0.15) is 27.2 Å². The van der Waals surface area contributed by atoms with Gasteiger partial charge in [-0.05, 0) is 32.9 Å². The maximum atomic E-state index is 12.2. The summed E-state index contributed by atoms with van der Waals surface area (Å²) in [5.41, 5.74) is 0.836. The summed E-state index contributed by atoms with van der Waals surface area (Å²) in [6.45, 7) is 5.60. The van der Waals surface area contributed by atoms with E-state index in [1.807, 2.05) is 30.3 Å². The molecule has 1 aromatic rings. The number of aliphatic carboxylic acids is 1. The molecule has 0 heterocycles. The smallest absolute Gasteiger partial charge is 0.305 e. The average molecular weight is 313 g/mol. The molecule has 0 spiro atoms. The van der Waals surface area contributed by atoms with Crippen molar-refractivity contribution in [3.63, 3.8) is 0 Å². The van der Waals surface area contributed by atoms with Crippen LogP contribution >= 0.6 is 0 Å². The van der Waals surface area contributed by atoms with Gasteiger partial charge in [0.25, 0.3) is 0 Å². The van der Waals surface area contributed by atoms with E-state index in [1.165, 1.54) is 0 Å². The summed E-state index contributed by atoms with van der Waals surface area (Å²) < 4.78 is 23.6. The average Bonchev–Trinajstić information content (AvgIpc) is 2.38. The quantitative estimate of drug-likeness (QED) is 0.835. The van der Waals surface area contributed by atoms with Gasteiger partial charge in [-0.25, -0.2) is 8.42 Å². The van der Waals surface area contributed by atoms with Crippen LogP contribution in [0, 0.1) is 0 Å². The molecule has 118 valence electrons. The van der Waals surface area contributed by atoms with Crippen molar-refractivity contribution >= 4 is 21.5 Å². The van der Waals surface area contributed by atoms with E-state index in [0.29, 0.717) is 6.54 Å². The molecule has 0 aliphatic rings. The Balaban J connectivity index is 2.82. The van der Waals surface area contributed by atoms with E-state index in [9.17, 15) is 13.2 Å². The van der Waals surface area contributed by atoms with E-state index in [2.05, 4.69) is 0 Å². The molecule has 0 fully saturated rings. The van der Waals surface area contributed by atoms with Crippen molar-refractivity contribution in [2.24, 2.45) is 0 Å². The number of sulfone groups is 1. The Morgan fingerprint density at radius 3 is 2.19 bits per heavy atom. The zero-order chi connectivity index (χ0) is 16.1. The van der Waals surface area contributed by atoms with Crippen molar-refractivity contribution < 1.29 is 18.3 Å². The lowest BCUT2D eigenvalue weighted by atomic mass is 10.2. The number of hydrogen-bond donors (Lipinski definition) is 1. The molecule has 0 bridgehead atoms. The number of para-hydroxylation sites is 1. The van der Waals surface area contributed by atoms with Crippen LogP contribution in [-0.4, -0.2) is 43.1 Å². The van der Waals surface area contributed by atoms with E-state index < -0.39 is 20.6 Å². The standard InChI is InChI=1S/C15H23NO4S/c1-15(2,3)21(19,20)12-11-16(10-9-14(17)18)13-7-5-4-6-8-13/h4-8H,9-12H2,1-3H3,(H,17,18). The first-order valence-corrected chi connectivity index (χ1v) is 8.53. The highest BCUT2D eigenvalue weighted by Crippen LogP contribution is 2.18. The highest BCUT2D eigenvalue weighted by molar-refractivity contribution is 7.92. The number of rotatable bonds is 7. The Hall–Kier alpha value is -1.56. The van der Waals surface area contributed by atoms with Gasteiger partial charge in [0.15, 0.2) is 9.84 Å². The first kappa shape index (κ1) is 17.5. The van der Waals surface area contributed by atoms with Crippen molar-refractivity contribution in [1.29, 1.82) is 0 Å². The largest absolute Gasteiger partial charge is 0.481 e. The number of anilines is 1. The number of benzene rings is 1. The Labute approximate surface area is 126 Å². The summed E-state index contributed by atoms with van der Waals surface area (Å²) in [5, 5.41) is 8.82. The van der Waals surface area contributed by atoms with E-state index in [1.54, 1.807) is 25.7 Å². The second-order valence-corrected chi connectivity index (χ2v) is 8.76. The molecule has 1 aromatic carbocycles. The molecule has 0 saturated heterocycles. The molecule has 0 aliphatic carbocycles. The van der Waals surface area contributed by atoms with Crippen LogP contribution in [0.25, 0.3) is 0 Å². The third-order valence-corrected chi connectivity index (χ3v) is 5.87. The fourth-order valence-electron chi connectivity index (χ4n) is 1.78. The van der Waals surface area contributed by atoms with E-state index in [0.717, 1.165) is 5.69 Å². The number of hydrogen-bond acceptors (Lipinski definition) is 4. The molecule has 0 saturated carbocycles. The van der Waals surface area contributed by atoms with Crippen molar-refractivity contribution in [3.8, 4) is 0 Å². The second-order valence-electron chi connectivity index (χ2n) is 5.90. The molecular formula is C15H23NO4S. The zero-order valence-corrected chi connectivity index (χ0v) is 13.6. The van der Waals surface area contributed by atoms with Crippen LogP contribution in [0.5, 0.6) is 0 Å².